The number of aromatic nitrogens is 2. The van der Waals surface area contributed by atoms with Crippen molar-refractivity contribution in [3.8, 4) is 0 Å². The number of nitrogens with one attached hydrogen (secondary N) is 1. The van der Waals surface area contributed by atoms with E-state index in [4.69, 9.17) is 5.11 Å². The Morgan fingerprint density at radius 3 is 2.56 bits per heavy atom. The van der Waals surface area contributed by atoms with Gasteiger partial charge < -0.3 is 15.0 Å². The van der Waals surface area contributed by atoms with Crippen LogP contribution in [0.15, 0.2) is 17.2 Å². The number of hydrogen-bond donors (Lipinski definition) is 2. The summed E-state index contributed by atoms with van der Waals surface area (Å²) in [6.07, 6.45) is 2.86. The molecule has 0 unspecified atom stereocenters. The molecule has 0 saturated carbocycles. The molecular weight excluding hydrogens is 244 g/mol. The Kier molecular flexibility index (Phi) is 4.05. The average Bonchev–Trinajstić information content (AvgIpc) is 2.26. The molecule has 0 aromatic carbocycles. The Balaban J connectivity index is 2.96. The molecule has 7 heteroatoms. The third kappa shape index (κ3) is 3.49. The summed E-state index contributed by atoms with van der Waals surface area (Å²) in [5.41, 5.74) is -0.936. The Morgan fingerprint density at radius 2 is 2.06 bits per heavy atom. The topological polar surface area (TPSA) is 67.2 Å². The first-order valence-electron chi connectivity index (χ1n) is 5.48. The van der Waals surface area contributed by atoms with Gasteiger partial charge in [0, 0.05) is 17.9 Å². The van der Waals surface area contributed by atoms with Crippen molar-refractivity contribution in [3.05, 3.63) is 22.7 Å². The summed E-state index contributed by atoms with van der Waals surface area (Å²) in [5.74, 6) is -3.43. The van der Waals surface area contributed by atoms with Gasteiger partial charge in [-0.1, -0.05) is 0 Å². The van der Waals surface area contributed by atoms with Gasteiger partial charge >= 0.3 is 0 Å². The SMILES string of the molecule is CC(C)(C)n1ccnc(NCC(F)(F)CO)c1=O. The van der Waals surface area contributed by atoms with Crippen molar-refractivity contribution >= 4 is 5.82 Å². The highest BCUT2D eigenvalue weighted by molar-refractivity contribution is 5.31. The lowest BCUT2D eigenvalue weighted by Gasteiger charge is -2.23. The molecule has 0 aliphatic heterocycles. The fourth-order valence-electron chi connectivity index (χ4n) is 1.33. The number of anilines is 1. The lowest BCUT2D eigenvalue weighted by Crippen LogP contribution is -2.37. The molecule has 1 aromatic heterocycles. The second-order valence-corrected chi connectivity index (χ2v) is 4.99. The van der Waals surface area contributed by atoms with Crippen LogP contribution in [0.25, 0.3) is 0 Å². The highest BCUT2D eigenvalue weighted by Gasteiger charge is 2.28. The predicted octanol–water partition coefficient (Wildman–Crippen LogP) is 1.04. The van der Waals surface area contributed by atoms with Crippen molar-refractivity contribution in [2.45, 2.75) is 32.2 Å². The Morgan fingerprint density at radius 1 is 1.44 bits per heavy atom. The van der Waals surface area contributed by atoms with Crippen molar-refractivity contribution in [2.24, 2.45) is 0 Å². The van der Waals surface area contributed by atoms with Crippen molar-refractivity contribution in [2.75, 3.05) is 18.5 Å². The monoisotopic (exact) mass is 261 g/mol. The number of nitrogens with zero attached hydrogens (tertiary/aromatic N) is 2. The van der Waals surface area contributed by atoms with E-state index in [1.165, 1.54) is 17.0 Å². The Hall–Kier alpha value is -1.50. The van der Waals surface area contributed by atoms with E-state index in [1.807, 2.05) is 20.8 Å². The minimum absolute atomic E-state index is 0.152. The average molecular weight is 261 g/mol. The standard InChI is InChI=1S/C11H17F2N3O2/c1-10(2,3)16-5-4-14-8(9(16)18)15-6-11(12,13)7-17/h4-5,17H,6-7H2,1-3H3,(H,14,15). The summed E-state index contributed by atoms with van der Waals surface area (Å²) in [6, 6.07) is 0. The van der Waals surface area contributed by atoms with Gasteiger partial charge in [-0.25, -0.2) is 13.8 Å². The van der Waals surface area contributed by atoms with Crippen LogP contribution in [0, 0.1) is 0 Å². The number of rotatable bonds is 4. The van der Waals surface area contributed by atoms with Crippen LogP contribution in [0.5, 0.6) is 0 Å². The van der Waals surface area contributed by atoms with E-state index in [-0.39, 0.29) is 5.82 Å². The fourth-order valence-corrected chi connectivity index (χ4v) is 1.33. The van der Waals surface area contributed by atoms with Crippen molar-refractivity contribution in [3.63, 3.8) is 0 Å². The first-order chi connectivity index (χ1) is 8.17. The van der Waals surface area contributed by atoms with E-state index in [1.54, 1.807) is 0 Å². The molecular formula is C11H17F2N3O2. The first-order valence-corrected chi connectivity index (χ1v) is 5.48. The smallest absolute Gasteiger partial charge is 0.293 e. The number of aliphatic hydroxyl groups excluding tert-OH is 1. The van der Waals surface area contributed by atoms with Crippen LogP contribution in [0.2, 0.25) is 0 Å². The van der Waals surface area contributed by atoms with Crippen molar-refractivity contribution < 1.29 is 13.9 Å². The molecule has 0 aliphatic rings. The first kappa shape index (κ1) is 14.6. The maximum Gasteiger partial charge on any atom is 0.293 e. The summed E-state index contributed by atoms with van der Waals surface area (Å²) in [7, 11) is 0. The molecule has 1 heterocycles. The Bertz CT molecular complexity index is 466. The van der Waals surface area contributed by atoms with Gasteiger partial charge in [-0.3, -0.25) is 4.79 Å². The normalized spacial score (nSPS) is 12.6. The molecule has 0 amide bonds. The summed E-state index contributed by atoms with van der Waals surface area (Å²) in [6.45, 7) is 3.35. The molecule has 18 heavy (non-hydrogen) atoms. The van der Waals surface area contributed by atoms with Gasteiger partial charge in [0.15, 0.2) is 5.82 Å². The Labute approximate surface area is 103 Å². The van der Waals surface area contributed by atoms with Gasteiger partial charge in [0.25, 0.3) is 11.5 Å². The van der Waals surface area contributed by atoms with Gasteiger partial charge in [-0.15, -0.1) is 0 Å². The van der Waals surface area contributed by atoms with Gasteiger partial charge in [-0.2, -0.15) is 0 Å². The third-order valence-corrected chi connectivity index (χ3v) is 2.31. The molecule has 2 N–H and O–H groups in total. The minimum atomic E-state index is -3.28. The second kappa shape index (κ2) is 5.01. The van der Waals surface area contributed by atoms with E-state index in [2.05, 4.69) is 10.3 Å². The van der Waals surface area contributed by atoms with Crippen LogP contribution in [-0.2, 0) is 5.54 Å². The maximum atomic E-state index is 12.9. The van der Waals surface area contributed by atoms with E-state index in [0.29, 0.717) is 0 Å². The van der Waals surface area contributed by atoms with E-state index < -0.39 is 30.2 Å². The van der Waals surface area contributed by atoms with Crippen LogP contribution in [0.1, 0.15) is 20.8 Å². The molecule has 0 aliphatic carbocycles. The van der Waals surface area contributed by atoms with Crippen LogP contribution in [0.3, 0.4) is 0 Å². The van der Waals surface area contributed by atoms with Crippen LogP contribution in [0.4, 0.5) is 14.6 Å². The number of halogens is 2. The lowest BCUT2D eigenvalue weighted by molar-refractivity contribution is -0.0373. The van der Waals surface area contributed by atoms with Crippen molar-refractivity contribution in [1.82, 2.24) is 9.55 Å². The molecule has 0 atom stereocenters. The highest BCUT2D eigenvalue weighted by atomic mass is 19.3. The molecule has 102 valence electrons. The van der Waals surface area contributed by atoms with Gasteiger partial charge in [0.1, 0.15) is 6.61 Å². The van der Waals surface area contributed by atoms with Crippen LogP contribution >= 0.6 is 0 Å². The molecule has 5 nitrogen and oxygen atoms in total. The van der Waals surface area contributed by atoms with Gasteiger partial charge in [-0.05, 0) is 20.8 Å². The van der Waals surface area contributed by atoms with Crippen LogP contribution in [-0.4, -0.2) is 33.7 Å². The van der Waals surface area contributed by atoms with E-state index in [9.17, 15) is 13.6 Å². The predicted molar refractivity (Wildman–Crippen MR) is 64.0 cm³/mol. The minimum Gasteiger partial charge on any atom is -0.390 e. The number of alkyl halides is 2. The van der Waals surface area contributed by atoms with Crippen LogP contribution < -0.4 is 10.9 Å². The molecule has 0 bridgehead atoms. The van der Waals surface area contributed by atoms with E-state index >= 15 is 0 Å². The number of aliphatic hydroxyl groups is 1. The molecule has 1 rings (SSSR count). The fraction of sp³-hybridized carbons (Fsp3) is 0.636. The summed E-state index contributed by atoms with van der Waals surface area (Å²) < 4.78 is 27.1. The molecule has 1 aromatic rings. The summed E-state index contributed by atoms with van der Waals surface area (Å²) in [4.78, 5) is 15.7. The molecule has 0 radical (unpaired) electrons. The highest BCUT2D eigenvalue weighted by Crippen LogP contribution is 2.13. The van der Waals surface area contributed by atoms with Gasteiger partial charge in [0.2, 0.25) is 0 Å². The van der Waals surface area contributed by atoms with Crippen molar-refractivity contribution in [1.29, 1.82) is 0 Å². The zero-order valence-electron chi connectivity index (χ0n) is 10.6. The summed E-state index contributed by atoms with van der Waals surface area (Å²) in [5, 5.41) is 10.7. The quantitative estimate of drug-likeness (QED) is 0.849. The summed E-state index contributed by atoms with van der Waals surface area (Å²) >= 11 is 0. The third-order valence-electron chi connectivity index (χ3n) is 2.31. The molecule has 0 saturated heterocycles. The zero-order valence-corrected chi connectivity index (χ0v) is 10.6. The molecule has 0 spiro atoms. The second-order valence-electron chi connectivity index (χ2n) is 4.99. The maximum absolute atomic E-state index is 12.9. The lowest BCUT2D eigenvalue weighted by atomic mass is 10.1. The van der Waals surface area contributed by atoms with E-state index in [0.717, 1.165) is 0 Å². The zero-order chi connectivity index (χ0) is 14.0. The largest absolute Gasteiger partial charge is 0.390 e. The number of hydrogen-bond acceptors (Lipinski definition) is 4. The van der Waals surface area contributed by atoms with Gasteiger partial charge in [0.05, 0.1) is 6.54 Å². The molecule has 0 fully saturated rings.